The average molecular weight is 463 g/mol. The molecule has 0 fully saturated rings. The van der Waals surface area contributed by atoms with Gasteiger partial charge in [0.2, 0.25) is 0 Å². The third kappa shape index (κ3) is 6.90. The Morgan fingerprint density at radius 1 is 0.882 bits per heavy atom. The van der Waals surface area contributed by atoms with Gasteiger partial charge in [0, 0.05) is 0 Å². The van der Waals surface area contributed by atoms with E-state index in [2.05, 4.69) is 5.32 Å². The van der Waals surface area contributed by atoms with Crippen LogP contribution in [0.1, 0.15) is 23.1 Å². The van der Waals surface area contributed by atoms with E-state index in [1.807, 2.05) is 49.4 Å². The van der Waals surface area contributed by atoms with E-state index >= 15 is 0 Å². The number of Topliss-reactive ketones (excluding diaryl/α,β-unsaturated/α-hetero) is 1. The summed E-state index contributed by atoms with van der Waals surface area (Å²) in [6.07, 6.45) is -1.66. The van der Waals surface area contributed by atoms with Gasteiger partial charge >= 0.3 is 18.0 Å². The maximum atomic E-state index is 12.5. The van der Waals surface area contributed by atoms with E-state index in [1.54, 1.807) is 24.3 Å². The zero-order valence-corrected chi connectivity index (χ0v) is 18.7. The molecule has 8 nitrogen and oxygen atoms in total. The molecule has 176 valence electrons. The summed E-state index contributed by atoms with van der Waals surface area (Å²) >= 11 is 0. The molecule has 0 aliphatic rings. The van der Waals surface area contributed by atoms with Gasteiger partial charge in [-0.1, -0.05) is 66.7 Å². The van der Waals surface area contributed by atoms with Gasteiger partial charge in [-0.2, -0.15) is 0 Å². The van der Waals surface area contributed by atoms with Crippen molar-refractivity contribution >= 4 is 34.6 Å². The van der Waals surface area contributed by atoms with Crippen molar-refractivity contribution in [3.63, 3.8) is 0 Å². The van der Waals surface area contributed by atoms with Gasteiger partial charge in [-0.3, -0.25) is 14.4 Å². The number of nitrogens with one attached hydrogen (secondary N) is 1. The van der Waals surface area contributed by atoms with Crippen LogP contribution >= 0.6 is 0 Å². The number of aryl methyl sites for hydroxylation is 1. The molecule has 0 aliphatic carbocycles. The van der Waals surface area contributed by atoms with Crippen molar-refractivity contribution in [1.29, 1.82) is 0 Å². The number of carbonyl (C=O) groups is 4. The maximum absolute atomic E-state index is 12.5. The number of carbonyl (C=O) groups excluding carboxylic acids is 3. The van der Waals surface area contributed by atoms with E-state index in [1.165, 1.54) is 0 Å². The predicted molar refractivity (Wildman–Crippen MR) is 124 cm³/mol. The molecular formula is C26H25NO7. The molecule has 3 aromatic carbocycles. The van der Waals surface area contributed by atoms with Crippen molar-refractivity contribution in [3.05, 3.63) is 83.4 Å². The van der Waals surface area contributed by atoms with Gasteiger partial charge in [-0.15, -0.1) is 0 Å². The van der Waals surface area contributed by atoms with Crippen molar-refractivity contribution in [2.75, 3.05) is 6.61 Å². The zero-order chi connectivity index (χ0) is 24.5. The van der Waals surface area contributed by atoms with E-state index in [4.69, 9.17) is 14.6 Å². The second-order valence-electron chi connectivity index (χ2n) is 7.75. The van der Waals surface area contributed by atoms with Gasteiger partial charge in [-0.05, 0) is 34.4 Å². The van der Waals surface area contributed by atoms with Crippen LogP contribution in [-0.2, 0) is 36.9 Å². The third-order valence-electron chi connectivity index (χ3n) is 5.21. The second kappa shape index (κ2) is 11.6. The molecule has 1 amide bonds. The number of fused-ring (bicyclic) bond motifs is 1. The monoisotopic (exact) mass is 463 g/mol. The van der Waals surface area contributed by atoms with Crippen LogP contribution in [0.5, 0.6) is 0 Å². The van der Waals surface area contributed by atoms with Gasteiger partial charge in [0.25, 0.3) is 0 Å². The fourth-order valence-electron chi connectivity index (χ4n) is 3.47. The normalized spacial score (nSPS) is 11.4. The minimum absolute atomic E-state index is 0.0415. The SMILES string of the molecule is Cc1cccc2c(CC(=O)OCC(=O)C(CC(=O)O)NC(=O)OCc3ccccc3)cccc12. The largest absolute Gasteiger partial charge is 0.481 e. The Balaban J connectivity index is 1.55. The molecule has 0 radical (unpaired) electrons. The van der Waals surface area contributed by atoms with Gasteiger partial charge < -0.3 is 19.9 Å². The summed E-state index contributed by atoms with van der Waals surface area (Å²) in [5.74, 6) is -2.68. The van der Waals surface area contributed by atoms with E-state index < -0.39 is 42.9 Å². The van der Waals surface area contributed by atoms with Gasteiger partial charge in [0.05, 0.1) is 12.8 Å². The number of carboxylic acids is 1. The molecule has 0 bridgehead atoms. The number of benzene rings is 3. The lowest BCUT2D eigenvalue weighted by Gasteiger charge is -2.16. The average Bonchev–Trinajstić information content (AvgIpc) is 2.82. The Labute approximate surface area is 196 Å². The Hall–Kier alpha value is -4.20. The summed E-state index contributed by atoms with van der Waals surface area (Å²) in [7, 11) is 0. The van der Waals surface area contributed by atoms with Crippen LogP contribution in [0.2, 0.25) is 0 Å². The highest BCUT2D eigenvalue weighted by atomic mass is 16.5. The second-order valence-corrected chi connectivity index (χ2v) is 7.75. The molecule has 2 N–H and O–H groups in total. The summed E-state index contributed by atoms with van der Waals surface area (Å²) < 4.78 is 10.1. The van der Waals surface area contributed by atoms with Crippen molar-refractivity contribution in [2.24, 2.45) is 0 Å². The molecule has 0 saturated heterocycles. The molecule has 34 heavy (non-hydrogen) atoms. The number of ketones is 1. The number of amides is 1. The summed E-state index contributed by atoms with van der Waals surface area (Å²) in [4.78, 5) is 48.1. The van der Waals surface area contributed by atoms with Crippen molar-refractivity contribution < 1.29 is 33.8 Å². The molecule has 8 heteroatoms. The number of alkyl carbamates (subject to hydrolysis) is 1. The first-order valence-corrected chi connectivity index (χ1v) is 10.7. The number of rotatable bonds is 10. The standard InChI is InChI=1S/C26H25NO7/c1-17-7-5-12-21-19(10-6-11-20(17)21)13-25(31)33-16-23(28)22(14-24(29)30)27-26(32)34-15-18-8-3-2-4-9-18/h2-12,22H,13-16H2,1H3,(H,27,32)(H,29,30). The predicted octanol–water partition coefficient (Wildman–Crippen LogP) is 3.57. The minimum atomic E-state index is -1.39. The van der Waals surface area contributed by atoms with Crippen molar-refractivity contribution in [2.45, 2.75) is 32.4 Å². The summed E-state index contributed by atoms with van der Waals surface area (Å²) in [6, 6.07) is 18.9. The first-order chi connectivity index (χ1) is 16.3. The third-order valence-corrected chi connectivity index (χ3v) is 5.21. The van der Waals surface area contributed by atoms with Gasteiger partial charge in [0.1, 0.15) is 12.6 Å². The molecule has 3 rings (SSSR count). The number of esters is 1. The molecule has 0 aromatic heterocycles. The molecule has 0 spiro atoms. The lowest BCUT2D eigenvalue weighted by Crippen LogP contribution is -2.44. The topological polar surface area (TPSA) is 119 Å². The number of aliphatic carboxylic acids is 1. The van der Waals surface area contributed by atoms with E-state index in [9.17, 15) is 19.2 Å². The minimum Gasteiger partial charge on any atom is -0.481 e. The maximum Gasteiger partial charge on any atom is 0.408 e. The molecule has 0 aliphatic heterocycles. The van der Waals surface area contributed by atoms with Crippen LogP contribution in [0.4, 0.5) is 4.79 Å². The van der Waals surface area contributed by atoms with Crippen LogP contribution in [0, 0.1) is 6.92 Å². The molecule has 1 atom stereocenters. The van der Waals surface area contributed by atoms with Gasteiger partial charge in [0.15, 0.2) is 12.4 Å². The highest BCUT2D eigenvalue weighted by Crippen LogP contribution is 2.22. The Morgan fingerprint density at radius 3 is 2.32 bits per heavy atom. The van der Waals surface area contributed by atoms with Crippen LogP contribution in [0.15, 0.2) is 66.7 Å². The molecule has 1 unspecified atom stereocenters. The van der Waals surface area contributed by atoms with Crippen LogP contribution < -0.4 is 5.32 Å². The number of hydrogen-bond donors (Lipinski definition) is 2. The zero-order valence-electron chi connectivity index (χ0n) is 18.7. The summed E-state index contributed by atoms with van der Waals surface area (Å²) in [5.41, 5.74) is 2.56. The lowest BCUT2D eigenvalue weighted by atomic mass is 9.99. The Kier molecular flexibility index (Phi) is 8.34. The van der Waals surface area contributed by atoms with Crippen molar-refractivity contribution in [3.8, 4) is 0 Å². The smallest absolute Gasteiger partial charge is 0.408 e. The molecule has 0 saturated carbocycles. The quantitative estimate of drug-likeness (QED) is 0.441. The molecule has 3 aromatic rings. The van der Waals surface area contributed by atoms with E-state index in [0.29, 0.717) is 0 Å². The first-order valence-electron chi connectivity index (χ1n) is 10.7. The fourth-order valence-corrected chi connectivity index (χ4v) is 3.47. The van der Waals surface area contributed by atoms with E-state index in [0.717, 1.165) is 27.5 Å². The van der Waals surface area contributed by atoms with E-state index in [-0.39, 0.29) is 13.0 Å². The highest BCUT2D eigenvalue weighted by molar-refractivity contribution is 5.94. The molecule has 0 heterocycles. The first kappa shape index (κ1) is 24.4. The van der Waals surface area contributed by atoms with Crippen LogP contribution in [0.25, 0.3) is 10.8 Å². The lowest BCUT2D eigenvalue weighted by molar-refractivity contribution is -0.148. The number of carboxylic acid groups (broad SMARTS) is 1. The number of ether oxygens (including phenoxy) is 2. The summed E-state index contributed by atoms with van der Waals surface area (Å²) in [5, 5.41) is 13.3. The highest BCUT2D eigenvalue weighted by Gasteiger charge is 2.25. The Morgan fingerprint density at radius 2 is 1.59 bits per heavy atom. The van der Waals surface area contributed by atoms with Gasteiger partial charge in [-0.25, -0.2) is 4.79 Å². The van der Waals surface area contributed by atoms with Crippen molar-refractivity contribution in [1.82, 2.24) is 5.32 Å². The van der Waals surface area contributed by atoms with Crippen LogP contribution in [0.3, 0.4) is 0 Å². The molecular weight excluding hydrogens is 438 g/mol. The Bertz CT molecular complexity index is 1190. The fraction of sp³-hybridized carbons (Fsp3) is 0.231. The summed E-state index contributed by atoms with van der Waals surface area (Å²) in [6.45, 7) is 1.27. The number of hydrogen-bond acceptors (Lipinski definition) is 6. The van der Waals surface area contributed by atoms with Crippen LogP contribution in [-0.4, -0.2) is 41.6 Å².